The number of carboxylic acid groups (broad SMARTS) is 2. The number of nitrogens with zero attached hydrogens (tertiary/aromatic N) is 4. The van der Waals surface area contributed by atoms with Crippen LogP contribution >= 0.6 is 22.7 Å². The summed E-state index contributed by atoms with van der Waals surface area (Å²) in [4.78, 5) is 83.1. The van der Waals surface area contributed by atoms with Gasteiger partial charge in [0, 0.05) is 69.6 Å². The first kappa shape index (κ1) is 68.9. The second-order valence-electron chi connectivity index (χ2n) is 24.3. The molecule has 4 aromatic heterocycles. The second-order valence-corrected chi connectivity index (χ2v) is 26.5. The first-order chi connectivity index (χ1) is 43.2. The molecule has 0 aliphatic heterocycles. The van der Waals surface area contributed by atoms with Crippen molar-refractivity contribution in [3.8, 4) is 56.5 Å². The molecule has 0 radical (unpaired) electrons. The Hall–Kier alpha value is -8.61. The maximum absolute atomic E-state index is 13.1. The van der Waals surface area contributed by atoms with Crippen molar-refractivity contribution in [2.75, 3.05) is 19.8 Å². The van der Waals surface area contributed by atoms with Crippen molar-refractivity contribution in [1.29, 1.82) is 0 Å². The molecule has 4 aromatic carbocycles. The maximum Gasteiger partial charge on any atom is 0.326 e. The summed E-state index contributed by atoms with van der Waals surface area (Å²) in [5.41, 5.74) is 6.81. The predicted octanol–water partition coefficient (Wildman–Crippen LogP) is 15.0. The number of thiophene rings is 2. The van der Waals surface area contributed by atoms with Gasteiger partial charge >= 0.3 is 11.9 Å². The fourth-order valence-corrected chi connectivity index (χ4v) is 11.4. The minimum absolute atomic E-state index is 0.0745. The van der Waals surface area contributed by atoms with E-state index < -0.39 is 36.5 Å². The van der Waals surface area contributed by atoms with E-state index in [-0.39, 0.29) is 35.5 Å². The van der Waals surface area contributed by atoms with Crippen LogP contribution in [0.5, 0.6) is 11.5 Å². The molecule has 0 saturated heterocycles. The lowest BCUT2D eigenvalue weighted by Crippen LogP contribution is -2.49. The average molecular weight is 1260 g/mol. The average Bonchev–Trinajstić information content (AvgIpc) is 3.96. The van der Waals surface area contributed by atoms with Gasteiger partial charge in [-0.2, -0.15) is 0 Å². The van der Waals surface area contributed by atoms with Crippen molar-refractivity contribution in [2.24, 2.45) is 0 Å². The summed E-state index contributed by atoms with van der Waals surface area (Å²) in [6.07, 6.45) is 19.6. The summed E-state index contributed by atoms with van der Waals surface area (Å²) < 4.78 is 11.7. The summed E-state index contributed by atoms with van der Waals surface area (Å²) >= 11 is 2.76. The quantitative estimate of drug-likeness (QED) is 0.0264. The Morgan fingerprint density at radius 1 is 0.456 bits per heavy atom. The summed E-state index contributed by atoms with van der Waals surface area (Å²) in [6, 6.07) is 36.1. The van der Waals surface area contributed by atoms with E-state index in [0.29, 0.717) is 21.4 Å². The van der Waals surface area contributed by atoms with Crippen LogP contribution in [-0.2, 0) is 38.1 Å². The highest BCUT2D eigenvalue weighted by atomic mass is 32.1. The number of ether oxygens (including phenoxy) is 2. The number of carbonyl (C=O) groups is 5. The highest BCUT2D eigenvalue weighted by Gasteiger charge is 2.27. The van der Waals surface area contributed by atoms with Gasteiger partial charge in [-0.1, -0.05) is 180 Å². The number of amides is 3. The summed E-state index contributed by atoms with van der Waals surface area (Å²) in [5.74, 6) is -0.727. The number of carbonyl (C=O) groups excluding carboxylic acids is 3. The van der Waals surface area contributed by atoms with E-state index in [9.17, 15) is 29.1 Å². The SMILES string of the molecule is CCCCCCCOc1ccc(-c2cnc(-c3ccc(C[C@H](NC(=O)c4ccc(C(C)(C)C)s4)C(=O)NCC(=O)O)cc3)nc2)cc1.CCCCCCCOc1ccc(-c2cnc(-c3ccc(C[C@H](NC(=O)c4ccc(C(C)(C)C)s4)C(=O)O)cc3)nc2)cc1. The summed E-state index contributed by atoms with van der Waals surface area (Å²) in [5, 5.41) is 26.7. The minimum atomic E-state index is -1.17. The topological polar surface area (TPSA) is 232 Å². The maximum atomic E-state index is 13.1. The van der Waals surface area contributed by atoms with Gasteiger partial charge in [0.25, 0.3) is 11.8 Å². The first-order valence-corrected chi connectivity index (χ1v) is 32.6. The number of carboxylic acids is 2. The molecule has 0 bridgehead atoms. The summed E-state index contributed by atoms with van der Waals surface area (Å²) in [7, 11) is 0. The molecule has 8 aromatic rings. The van der Waals surface area contributed by atoms with Gasteiger partial charge in [-0.15, -0.1) is 22.7 Å². The zero-order valence-corrected chi connectivity index (χ0v) is 54.6. The van der Waals surface area contributed by atoms with Gasteiger partial charge < -0.3 is 35.6 Å². The van der Waals surface area contributed by atoms with Crippen molar-refractivity contribution in [3.63, 3.8) is 0 Å². The van der Waals surface area contributed by atoms with Crippen molar-refractivity contribution in [1.82, 2.24) is 35.9 Å². The van der Waals surface area contributed by atoms with Crippen molar-refractivity contribution in [3.05, 3.63) is 177 Å². The molecule has 4 heterocycles. The molecule has 5 N–H and O–H groups in total. The van der Waals surface area contributed by atoms with Gasteiger partial charge in [-0.3, -0.25) is 19.2 Å². The highest BCUT2D eigenvalue weighted by molar-refractivity contribution is 7.14. The normalized spacial score (nSPS) is 12.0. The van der Waals surface area contributed by atoms with Crippen LogP contribution in [0.25, 0.3) is 45.0 Å². The third-order valence-electron chi connectivity index (χ3n) is 14.8. The van der Waals surface area contributed by atoms with Gasteiger partial charge in [0.2, 0.25) is 5.91 Å². The smallest absolute Gasteiger partial charge is 0.326 e. The van der Waals surface area contributed by atoms with Crippen LogP contribution in [0.15, 0.2) is 146 Å². The van der Waals surface area contributed by atoms with E-state index in [2.05, 4.69) is 91.3 Å². The fraction of sp³-hybridized carbons (Fsp3) is 0.375. The van der Waals surface area contributed by atoms with Crippen LogP contribution in [0, 0.1) is 0 Å². The Morgan fingerprint density at radius 2 is 0.822 bits per heavy atom. The largest absolute Gasteiger partial charge is 0.494 e. The standard InChI is InChI=1S/C37H44N4O5S.C35H41N3O4S/c1-5-6-7-8-9-20-46-29-16-14-26(15-17-29)28-22-38-34(39-23-28)27-12-10-25(11-13-27)21-30(35(44)40-24-33(42)43)41-36(45)31-18-19-32(47-31)37(2,3)4;1-5-6-7-8-9-20-42-28-16-14-25(15-17-28)27-22-36-32(37-23-27)26-12-10-24(11-13-26)21-29(34(40)41)38-33(39)30-18-19-31(43-30)35(2,3)4/h10-19,22-23,30H,5-9,20-21,24H2,1-4H3,(H,40,44)(H,41,45)(H,42,43);10-19,22-23,29H,5-9,20-21H2,1-4H3,(H,38,39)(H,40,41)/t30-;29-/m00/s1. The molecule has 16 nitrogen and oxygen atoms in total. The Bertz CT molecular complexity index is 3560. The number of hydrogen-bond acceptors (Lipinski definition) is 13. The monoisotopic (exact) mass is 1260 g/mol. The molecular weight excluding hydrogens is 1170 g/mol. The Labute approximate surface area is 537 Å². The number of benzene rings is 4. The minimum Gasteiger partial charge on any atom is -0.494 e. The highest BCUT2D eigenvalue weighted by Crippen LogP contribution is 2.32. The molecule has 474 valence electrons. The van der Waals surface area contributed by atoms with E-state index in [1.165, 1.54) is 74.0 Å². The lowest BCUT2D eigenvalue weighted by atomic mass is 9.95. The Morgan fingerprint density at radius 3 is 1.18 bits per heavy atom. The zero-order valence-electron chi connectivity index (χ0n) is 53.0. The van der Waals surface area contributed by atoms with Crippen molar-refractivity contribution in [2.45, 2.75) is 155 Å². The number of aromatic nitrogens is 4. The molecule has 0 aliphatic rings. The van der Waals surface area contributed by atoms with E-state index in [1.807, 2.05) is 109 Å². The Kier molecular flexibility index (Phi) is 25.9. The third kappa shape index (κ3) is 21.6. The zero-order chi connectivity index (χ0) is 64.6. The van der Waals surface area contributed by atoms with Crippen LogP contribution in [0.3, 0.4) is 0 Å². The molecule has 2 atom stereocenters. The van der Waals surface area contributed by atoms with Crippen LogP contribution in [0.2, 0.25) is 0 Å². The molecule has 0 saturated carbocycles. The third-order valence-corrected chi connectivity index (χ3v) is 17.8. The van der Waals surface area contributed by atoms with E-state index in [0.717, 1.165) is 91.8 Å². The van der Waals surface area contributed by atoms with E-state index in [1.54, 1.807) is 36.9 Å². The molecule has 0 unspecified atom stereocenters. The first-order valence-electron chi connectivity index (χ1n) is 31.0. The Balaban J connectivity index is 0.000000257. The predicted molar refractivity (Wildman–Crippen MR) is 359 cm³/mol. The van der Waals surface area contributed by atoms with Crippen LogP contribution in [0.1, 0.15) is 160 Å². The molecule has 0 spiro atoms. The van der Waals surface area contributed by atoms with Crippen molar-refractivity contribution < 1.29 is 43.7 Å². The van der Waals surface area contributed by atoms with Crippen LogP contribution < -0.4 is 25.4 Å². The molecular formula is C72H85N7O9S2. The molecule has 18 heteroatoms. The number of unbranched alkanes of at least 4 members (excludes halogenated alkanes) is 8. The van der Waals surface area contributed by atoms with E-state index >= 15 is 0 Å². The molecule has 0 aliphatic carbocycles. The molecule has 8 rings (SSSR count). The number of nitrogens with one attached hydrogen (secondary N) is 3. The number of aliphatic carboxylic acids is 2. The van der Waals surface area contributed by atoms with Gasteiger partial charge in [0.05, 0.1) is 23.0 Å². The van der Waals surface area contributed by atoms with Gasteiger partial charge in [0.15, 0.2) is 11.6 Å². The molecule has 3 amide bonds. The number of rotatable bonds is 30. The van der Waals surface area contributed by atoms with Crippen LogP contribution in [0.4, 0.5) is 0 Å². The lowest BCUT2D eigenvalue weighted by molar-refractivity contribution is -0.139. The van der Waals surface area contributed by atoms with Crippen LogP contribution in [-0.4, -0.2) is 91.7 Å². The fourth-order valence-electron chi connectivity index (χ4n) is 9.46. The summed E-state index contributed by atoms with van der Waals surface area (Å²) in [6.45, 7) is 17.8. The van der Waals surface area contributed by atoms with Crippen molar-refractivity contribution >= 4 is 52.3 Å². The molecule has 90 heavy (non-hydrogen) atoms. The second kappa shape index (κ2) is 33.8. The van der Waals surface area contributed by atoms with E-state index in [4.69, 9.17) is 14.6 Å². The van der Waals surface area contributed by atoms with Gasteiger partial charge in [0.1, 0.15) is 30.1 Å². The van der Waals surface area contributed by atoms with Gasteiger partial charge in [-0.05, 0) is 94.5 Å². The molecule has 0 fully saturated rings. The van der Waals surface area contributed by atoms with Gasteiger partial charge in [-0.25, -0.2) is 24.7 Å². The lowest BCUT2D eigenvalue weighted by Gasteiger charge is -2.18. The number of hydrogen-bond donors (Lipinski definition) is 5.